The molecule has 0 saturated heterocycles. The van der Waals surface area contributed by atoms with Crippen LogP contribution in [0.5, 0.6) is 0 Å². The quantitative estimate of drug-likeness (QED) is 0.733. The number of halogens is 2. The molecule has 1 aromatic carbocycles. The second kappa shape index (κ2) is 4.19. The van der Waals surface area contributed by atoms with E-state index in [1.165, 1.54) is 6.07 Å². The first kappa shape index (κ1) is 10.7. The van der Waals surface area contributed by atoms with Gasteiger partial charge in [-0.1, -0.05) is 6.58 Å². The fourth-order valence-electron chi connectivity index (χ4n) is 1.22. The van der Waals surface area contributed by atoms with Crippen molar-refractivity contribution in [1.29, 1.82) is 0 Å². The van der Waals surface area contributed by atoms with Gasteiger partial charge in [0.25, 0.3) is 0 Å². The Morgan fingerprint density at radius 3 is 2.50 bits per heavy atom. The maximum atomic E-state index is 13.2. The van der Waals surface area contributed by atoms with Gasteiger partial charge in [-0.05, 0) is 18.6 Å². The largest absolute Gasteiger partial charge is 0.508 e. The van der Waals surface area contributed by atoms with Crippen molar-refractivity contribution in [2.75, 3.05) is 6.61 Å². The first-order valence-corrected chi connectivity index (χ1v) is 4.04. The summed E-state index contributed by atoms with van der Waals surface area (Å²) >= 11 is 0. The molecule has 0 aromatic heterocycles. The second-order valence-electron chi connectivity index (χ2n) is 2.81. The minimum Gasteiger partial charge on any atom is -0.508 e. The highest BCUT2D eigenvalue weighted by atomic mass is 19.2. The third kappa shape index (κ3) is 1.90. The molecule has 2 nitrogen and oxygen atoms in total. The van der Waals surface area contributed by atoms with Crippen molar-refractivity contribution in [3.8, 4) is 0 Å². The van der Waals surface area contributed by atoms with E-state index in [2.05, 4.69) is 6.58 Å². The molecule has 0 bridgehead atoms. The summed E-state index contributed by atoms with van der Waals surface area (Å²) < 4.78 is 25.9. The van der Waals surface area contributed by atoms with E-state index in [-0.39, 0.29) is 29.9 Å². The van der Waals surface area contributed by atoms with Gasteiger partial charge in [0, 0.05) is 17.7 Å². The van der Waals surface area contributed by atoms with E-state index < -0.39 is 11.6 Å². The zero-order chi connectivity index (χ0) is 10.7. The van der Waals surface area contributed by atoms with Crippen LogP contribution in [0.3, 0.4) is 0 Å². The van der Waals surface area contributed by atoms with E-state index >= 15 is 0 Å². The number of hydrogen-bond acceptors (Lipinski definition) is 2. The van der Waals surface area contributed by atoms with Gasteiger partial charge in [-0.3, -0.25) is 0 Å². The van der Waals surface area contributed by atoms with Crippen molar-refractivity contribution in [3.63, 3.8) is 0 Å². The number of aliphatic hydroxyl groups excluding tert-OH is 2. The molecule has 0 saturated carbocycles. The van der Waals surface area contributed by atoms with E-state index in [1.54, 1.807) is 0 Å². The van der Waals surface area contributed by atoms with Crippen LogP contribution in [0.4, 0.5) is 8.78 Å². The van der Waals surface area contributed by atoms with Gasteiger partial charge in [0.15, 0.2) is 11.6 Å². The highest BCUT2D eigenvalue weighted by molar-refractivity contribution is 5.60. The standard InChI is InChI=1S/C10H10F2O2/c1-6(14)7-2-3-9(11)10(12)8(7)4-5-13/h2-3,13-14H,1,4-5H2. The lowest BCUT2D eigenvalue weighted by Crippen LogP contribution is -2.02. The van der Waals surface area contributed by atoms with Crippen molar-refractivity contribution in [3.05, 3.63) is 41.5 Å². The lowest BCUT2D eigenvalue weighted by Gasteiger charge is -2.08. The molecular formula is C10H10F2O2. The fraction of sp³-hybridized carbons (Fsp3) is 0.200. The molecule has 0 radical (unpaired) electrons. The van der Waals surface area contributed by atoms with Crippen molar-refractivity contribution in [2.24, 2.45) is 0 Å². The highest BCUT2D eigenvalue weighted by Crippen LogP contribution is 2.21. The number of rotatable bonds is 3. The van der Waals surface area contributed by atoms with Gasteiger partial charge in [0.1, 0.15) is 5.76 Å². The number of benzene rings is 1. The molecule has 0 aliphatic heterocycles. The molecule has 0 aliphatic rings. The SMILES string of the molecule is C=C(O)c1ccc(F)c(F)c1CCO. The van der Waals surface area contributed by atoms with Crippen LogP contribution in [0.25, 0.3) is 5.76 Å². The summed E-state index contributed by atoms with van der Waals surface area (Å²) in [6.07, 6.45) is -0.0570. The molecule has 0 aliphatic carbocycles. The average molecular weight is 200 g/mol. The van der Waals surface area contributed by atoms with Gasteiger partial charge < -0.3 is 10.2 Å². The van der Waals surface area contributed by atoms with Gasteiger partial charge >= 0.3 is 0 Å². The summed E-state index contributed by atoms with van der Waals surface area (Å²) in [5.74, 6) is -2.39. The smallest absolute Gasteiger partial charge is 0.162 e. The van der Waals surface area contributed by atoms with Crippen LogP contribution in [-0.4, -0.2) is 16.8 Å². The maximum Gasteiger partial charge on any atom is 0.162 e. The van der Waals surface area contributed by atoms with Gasteiger partial charge in [-0.25, -0.2) is 8.78 Å². The predicted octanol–water partition coefficient (Wildman–Crippen LogP) is 2.03. The van der Waals surface area contributed by atoms with Crippen molar-refractivity contribution >= 4 is 5.76 Å². The topological polar surface area (TPSA) is 40.5 Å². The van der Waals surface area contributed by atoms with Crippen LogP contribution >= 0.6 is 0 Å². The van der Waals surface area contributed by atoms with Gasteiger partial charge in [-0.15, -0.1) is 0 Å². The summed E-state index contributed by atoms with van der Waals surface area (Å²) in [6, 6.07) is 2.14. The monoisotopic (exact) mass is 200 g/mol. The normalized spacial score (nSPS) is 10.2. The zero-order valence-corrected chi connectivity index (χ0v) is 7.43. The van der Waals surface area contributed by atoms with Gasteiger partial charge in [0.05, 0.1) is 0 Å². The van der Waals surface area contributed by atoms with E-state index in [9.17, 15) is 8.78 Å². The summed E-state index contributed by atoms with van der Waals surface area (Å²) in [5.41, 5.74) is 0.0675. The Bertz CT molecular complexity index is 361. The highest BCUT2D eigenvalue weighted by Gasteiger charge is 2.14. The lowest BCUT2D eigenvalue weighted by atomic mass is 10.0. The molecule has 0 spiro atoms. The third-order valence-electron chi connectivity index (χ3n) is 1.87. The van der Waals surface area contributed by atoms with Gasteiger partial charge in [0.2, 0.25) is 0 Å². The van der Waals surface area contributed by atoms with Crippen LogP contribution in [0, 0.1) is 11.6 Å². The Morgan fingerprint density at radius 1 is 1.36 bits per heavy atom. The number of hydrogen-bond donors (Lipinski definition) is 2. The van der Waals surface area contributed by atoms with Gasteiger partial charge in [-0.2, -0.15) is 0 Å². The van der Waals surface area contributed by atoms with Crippen LogP contribution in [0.15, 0.2) is 18.7 Å². The Hall–Kier alpha value is -1.42. The first-order valence-electron chi connectivity index (χ1n) is 4.04. The zero-order valence-electron chi connectivity index (χ0n) is 7.43. The summed E-state index contributed by atoms with van der Waals surface area (Å²) in [6.45, 7) is 2.91. The fourth-order valence-corrected chi connectivity index (χ4v) is 1.22. The van der Waals surface area contributed by atoms with Crippen molar-refractivity contribution in [1.82, 2.24) is 0 Å². The summed E-state index contributed by atoms with van der Waals surface area (Å²) in [7, 11) is 0. The molecule has 76 valence electrons. The Labute approximate surface area is 80.1 Å². The van der Waals surface area contributed by atoms with Crippen molar-refractivity contribution in [2.45, 2.75) is 6.42 Å². The molecule has 0 amide bonds. The molecular weight excluding hydrogens is 190 g/mol. The molecule has 4 heteroatoms. The Balaban J connectivity index is 3.29. The average Bonchev–Trinajstić information content (AvgIpc) is 2.13. The number of aliphatic hydroxyl groups is 2. The van der Waals surface area contributed by atoms with E-state index in [0.29, 0.717) is 0 Å². The molecule has 0 fully saturated rings. The van der Waals surface area contributed by atoms with Crippen LogP contribution in [-0.2, 0) is 6.42 Å². The second-order valence-corrected chi connectivity index (χ2v) is 2.81. The minimum absolute atomic E-state index is 0.0556. The Kier molecular flexibility index (Phi) is 3.19. The summed E-state index contributed by atoms with van der Waals surface area (Å²) in [4.78, 5) is 0. The van der Waals surface area contributed by atoms with E-state index in [1.807, 2.05) is 0 Å². The molecule has 0 unspecified atom stereocenters. The Morgan fingerprint density at radius 2 is 2.00 bits per heavy atom. The van der Waals surface area contributed by atoms with E-state index in [4.69, 9.17) is 10.2 Å². The van der Waals surface area contributed by atoms with Crippen LogP contribution < -0.4 is 0 Å². The molecule has 14 heavy (non-hydrogen) atoms. The third-order valence-corrected chi connectivity index (χ3v) is 1.87. The summed E-state index contributed by atoms with van der Waals surface area (Å²) in [5, 5.41) is 17.7. The van der Waals surface area contributed by atoms with E-state index in [0.717, 1.165) is 6.07 Å². The van der Waals surface area contributed by atoms with Crippen LogP contribution in [0.1, 0.15) is 11.1 Å². The maximum absolute atomic E-state index is 13.2. The molecule has 1 aromatic rings. The molecule has 0 atom stereocenters. The predicted molar refractivity (Wildman–Crippen MR) is 48.8 cm³/mol. The molecule has 1 rings (SSSR count). The van der Waals surface area contributed by atoms with Crippen LogP contribution in [0.2, 0.25) is 0 Å². The molecule has 0 heterocycles. The first-order chi connectivity index (χ1) is 6.57. The van der Waals surface area contributed by atoms with Crippen molar-refractivity contribution < 1.29 is 19.0 Å². The minimum atomic E-state index is -1.05. The lowest BCUT2D eigenvalue weighted by molar-refractivity contribution is 0.296. The molecule has 2 N–H and O–H groups in total.